The van der Waals surface area contributed by atoms with Gasteiger partial charge in [-0.05, 0) is 24.3 Å². The van der Waals surface area contributed by atoms with Crippen LogP contribution in [0.3, 0.4) is 0 Å². The van der Waals surface area contributed by atoms with Gasteiger partial charge in [-0.3, -0.25) is 19.0 Å². The van der Waals surface area contributed by atoms with Gasteiger partial charge in [0, 0.05) is 13.8 Å². The van der Waals surface area contributed by atoms with E-state index in [1.54, 1.807) is 12.1 Å². The molecule has 1 aliphatic carbocycles. The van der Waals surface area contributed by atoms with Crippen molar-refractivity contribution < 1.29 is 59.5 Å². The van der Waals surface area contributed by atoms with Gasteiger partial charge in [-0.25, -0.2) is 0 Å². The summed E-state index contributed by atoms with van der Waals surface area (Å²) in [6.07, 6.45) is 7.92. The van der Waals surface area contributed by atoms with Crippen molar-refractivity contribution in [2.45, 2.75) is 13.8 Å². The number of aliphatic imine (C=N–C) groups is 2. The molecule has 0 fully saturated rings. The Labute approximate surface area is 236 Å². The van der Waals surface area contributed by atoms with Crippen LogP contribution >= 0.6 is 15.6 Å². The van der Waals surface area contributed by atoms with Gasteiger partial charge in [0.2, 0.25) is 0 Å². The Hall–Kier alpha value is -3.24. The van der Waals surface area contributed by atoms with E-state index in [0.29, 0.717) is 0 Å². The van der Waals surface area contributed by atoms with Crippen LogP contribution in [0.1, 0.15) is 13.8 Å². The molecule has 0 aromatic rings. The van der Waals surface area contributed by atoms with Crippen molar-refractivity contribution in [1.82, 2.24) is 9.80 Å². The monoisotopic (exact) mass is 676 g/mol. The first-order valence-electron chi connectivity index (χ1n) is 10.7. The molecule has 0 N–H and O–H groups in total. The minimum absolute atomic E-state index is 0.901. The summed E-state index contributed by atoms with van der Waals surface area (Å²) in [4.78, 5) is 13.3. The van der Waals surface area contributed by atoms with Gasteiger partial charge in [0.25, 0.3) is 0 Å². The number of halogens is 12. The Morgan fingerprint density at radius 2 is 0.714 bits per heavy atom. The van der Waals surface area contributed by atoms with E-state index in [2.05, 4.69) is 9.98 Å². The fourth-order valence-electron chi connectivity index (χ4n) is 2.03. The van der Waals surface area contributed by atoms with Crippen molar-refractivity contribution in [3.63, 3.8) is 0 Å². The van der Waals surface area contributed by atoms with Crippen molar-refractivity contribution in [3.05, 3.63) is 24.3 Å². The maximum atomic E-state index is 9.87. The summed E-state index contributed by atoms with van der Waals surface area (Å²) in [6, 6.07) is 3.50. The van der Waals surface area contributed by atoms with Gasteiger partial charge in [0.1, 0.15) is 11.4 Å². The van der Waals surface area contributed by atoms with E-state index in [9.17, 15) is 50.4 Å². The Bertz CT molecular complexity index is 1040. The zero-order chi connectivity index (χ0) is 35.1. The van der Waals surface area contributed by atoms with Crippen molar-refractivity contribution in [2.75, 3.05) is 56.4 Å². The van der Waals surface area contributed by atoms with Crippen LogP contribution < -0.4 is 0 Å². The van der Waals surface area contributed by atoms with E-state index in [1.807, 2.05) is 99.6 Å². The SMILES string of the molecule is CC#N.CC#N.CN(C)C(N=C1C=CC(=NC(N(C)C)=[N+](C)C)C=C1)=[N+](C)C.F[P-](F)(F)(F)(F)F.F[P-](F)(F)(F)(F)F. The van der Waals surface area contributed by atoms with Crippen LogP contribution in [0.15, 0.2) is 34.3 Å². The third-order valence-electron chi connectivity index (χ3n) is 2.91. The third kappa shape index (κ3) is 49.7. The number of allylic oxidation sites excluding steroid dienone is 4. The predicted octanol–water partition coefficient (Wildman–Crippen LogP) is 8.20. The Balaban J connectivity index is -0.000000294. The summed E-state index contributed by atoms with van der Waals surface area (Å²) in [5.41, 5.74) is 1.82. The van der Waals surface area contributed by atoms with Crippen molar-refractivity contribution >= 4 is 39.0 Å². The summed E-state index contributed by atoms with van der Waals surface area (Å²) in [5.74, 6) is 1.80. The normalized spacial score (nSPS) is 14.9. The second-order valence-electron chi connectivity index (χ2n) is 8.28. The number of rotatable bonds is 0. The molecular formula is C20H34F12N8P2. The summed E-state index contributed by atoms with van der Waals surface area (Å²) in [6.45, 7) is 2.86. The number of hydrogen-bond acceptors (Lipinski definition) is 2. The first-order chi connectivity index (χ1) is 17.9. The average molecular weight is 676 g/mol. The van der Waals surface area contributed by atoms with Gasteiger partial charge >= 0.3 is 77.9 Å². The topological polar surface area (TPSA) is 84.8 Å². The first-order valence-corrected chi connectivity index (χ1v) is 14.7. The fraction of sp³-hybridized carbons (Fsp3) is 0.500. The molecule has 0 aliphatic heterocycles. The van der Waals surface area contributed by atoms with Gasteiger partial charge in [-0.2, -0.15) is 10.5 Å². The molecule has 1 aliphatic rings. The van der Waals surface area contributed by atoms with Crippen LogP contribution in [-0.2, 0) is 0 Å². The average Bonchev–Trinajstić information content (AvgIpc) is 2.66. The van der Waals surface area contributed by atoms with Gasteiger partial charge in [0.05, 0.1) is 68.5 Å². The standard InChI is InChI=1S/C16H28N6.2C2H3N.2F6P/c1-19(2)15(20(3)4)17-13-9-11-14(12-10-13)18-16(21(5)6)22(7)8;2*1-2-3;2*1-7(2,3,4,5)6/h9-12H,1-8H3;2*1H3;;/q+2;;;2*-1. The van der Waals surface area contributed by atoms with Crippen molar-refractivity contribution in [3.8, 4) is 12.1 Å². The van der Waals surface area contributed by atoms with Crippen LogP contribution in [-0.4, -0.2) is 98.7 Å². The number of guanidine groups is 2. The number of nitrogens with zero attached hydrogens (tertiary/aromatic N) is 8. The van der Waals surface area contributed by atoms with E-state index >= 15 is 0 Å². The molecule has 248 valence electrons. The van der Waals surface area contributed by atoms with Gasteiger partial charge < -0.3 is 0 Å². The Kier molecular flexibility index (Phi) is 16.1. The zero-order valence-electron chi connectivity index (χ0n) is 24.3. The molecule has 0 atom stereocenters. The number of hydrogen-bond donors (Lipinski definition) is 0. The second-order valence-corrected chi connectivity index (χ2v) is 12.1. The van der Waals surface area contributed by atoms with E-state index in [0.717, 1.165) is 23.3 Å². The second kappa shape index (κ2) is 14.8. The van der Waals surface area contributed by atoms with Crippen molar-refractivity contribution in [1.29, 1.82) is 10.5 Å². The van der Waals surface area contributed by atoms with E-state index in [1.165, 1.54) is 13.8 Å². The quantitative estimate of drug-likeness (QED) is 0.0647. The Morgan fingerprint density at radius 1 is 0.571 bits per heavy atom. The molecule has 0 saturated heterocycles. The molecule has 0 aromatic heterocycles. The van der Waals surface area contributed by atoms with E-state index in [4.69, 9.17) is 10.5 Å². The maximum absolute atomic E-state index is 10.7. The molecule has 0 radical (unpaired) electrons. The molecule has 0 saturated carbocycles. The fourth-order valence-corrected chi connectivity index (χ4v) is 2.03. The zero-order valence-corrected chi connectivity index (χ0v) is 26.1. The molecule has 0 spiro atoms. The van der Waals surface area contributed by atoms with Crippen LogP contribution in [0.2, 0.25) is 0 Å². The van der Waals surface area contributed by atoms with E-state index in [-0.39, 0.29) is 0 Å². The predicted molar refractivity (Wildman–Crippen MR) is 144 cm³/mol. The number of nitriles is 2. The molecule has 1 rings (SSSR count). The summed E-state index contributed by atoms with van der Waals surface area (Å²) < 4.78 is 122. The van der Waals surface area contributed by atoms with Crippen LogP contribution in [0.5, 0.6) is 0 Å². The molecule has 22 heteroatoms. The molecule has 0 bridgehead atoms. The van der Waals surface area contributed by atoms with Gasteiger partial charge in [-0.1, -0.05) is 9.98 Å². The molecule has 0 amide bonds. The third-order valence-corrected chi connectivity index (χ3v) is 2.91. The van der Waals surface area contributed by atoms with Gasteiger partial charge in [-0.15, -0.1) is 0 Å². The van der Waals surface area contributed by atoms with Gasteiger partial charge in [0.15, 0.2) is 0 Å². The first kappa shape index (κ1) is 45.7. The van der Waals surface area contributed by atoms with Crippen LogP contribution in [0, 0.1) is 22.7 Å². The molecule has 0 heterocycles. The minimum atomic E-state index is -10.7. The summed E-state index contributed by atoms with van der Waals surface area (Å²) >= 11 is 0. The Morgan fingerprint density at radius 3 is 0.810 bits per heavy atom. The molecular weight excluding hydrogens is 642 g/mol. The van der Waals surface area contributed by atoms with Crippen LogP contribution in [0.4, 0.5) is 50.4 Å². The van der Waals surface area contributed by atoms with Crippen LogP contribution in [0.25, 0.3) is 0 Å². The molecule has 8 nitrogen and oxygen atoms in total. The van der Waals surface area contributed by atoms with E-state index < -0.39 is 15.6 Å². The molecule has 0 unspecified atom stereocenters. The molecule has 42 heavy (non-hydrogen) atoms. The summed E-state index contributed by atoms with van der Waals surface area (Å²) in [5, 5.41) is 14.6. The molecule has 0 aromatic carbocycles. The summed E-state index contributed by atoms with van der Waals surface area (Å²) in [7, 11) is -5.44. The van der Waals surface area contributed by atoms with Crippen molar-refractivity contribution in [2.24, 2.45) is 9.98 Å².